The molecule has 0 bridgehead atoms. The van der Waals surface area contributed by atoms with Gasteiger partial charge >= 0.3 is 5.97 Å². The number of thiophene rings is 1. The minimum atomic E-state index is -0.172. The molecule has 4 nitrogen and oxygen atoms in total. The Bertz CT molecular complexity index is 441. The van der Waals surface area contributed by atoms with Gasteiger partial charge in [0, 0.05) is 35.4 Å². The number of hydrogen-bond donors (Lipinski definition) is 1. The molecule has 2 rings (SSSR count). The summed E-state index contributed by atoms with van der Waals surface area (Å²) in [6.07, 6.45) is 5.88. The SMILES string of the molecule is COC(=O)Cc1ccc(CNCCN(C)C2CCCC2)s1. The molecule has 1 aliphatic carbocycles. The number of ether oxygens (including phenoxy) is 1. The molecule has 1 saturated carbocycles. The first-order valence-corrected chi connectivity index (χ1v) is 8.56. The van der Waals surface area contributed by atoms with Crippen molar-refractivity contribution in [3.8, 4) is 0 Å². The highest BCUT2D eigenvalue weighted by Crippen LogP contribution is 2.22. The molecule has 5 heteroatoms. The van der Waals surface area contributed by atoms with E-state index in [1.54, 1.807) is 11.3 Å². The summed E-state index contributed by atoms with van der Waals surface area (Å²) in [6.45, 7) is 2.99. The lowest BCUT2D eigenvalue weighted by Gasteiger charge is -2.23. The number of esters is 1. The van der Waals surface area contributed by atoms with E-state index in [-0.39, 0.29) is 5.97 Å². The van der Waals surface area contributed by atoms with E-state index in [0.29, 0.717) is 6.42 Å². The Balaban J connectivity index is 1.63. The van der Waals surface area contributed by atoms with E-state index in [0.717, 1.165) is 30.6 Å². The highest BCUT2D eigenvalue weighted by atomic mass is 32.1. The Morgan fingerprint density at radius 3 is 2.81 bits per heavy atom. The Kier molecular flexibility index (Phi) is 6.67. The summed E-state index contributed by atoms with van der Waals surface area (Å²) in [6, 6.07) is 4.90. The number of nitrogens with one attached hydrogen (secondary N) is 1. The molecule has 0 spiro atoms. The predicted octanol–water partition coefficient (Wildman–Crippen LogP) is 2.43. The van der Waals surface area contributed by atoms with Gasteiger partial charge in [0.2, 0.25) is 0 Å². The monoisotopic (exact) mass is 310 g/mol. The van der Waals surface area contributed by atoms with Crippen LogP contribution in [0.2, 0.25) is 0 Å². The summed E-state index contributed by atoms with van der Waals surface area (Å²) in [7, 11) is 3.66. The fraction of sp³-hybridized carbons (Fsp3) is 0.688. The van der Waals surface area contributed by atoms with Gasteiger partial charge in [-0.15, -0.1) is 11.3 Å². The van der Waals surface area contributed by atoms with Crippen LogP contribution < -0.4 is 5.32 Å². The second kappa shape index (κ2) is 8.51. The lowest BCUT2D eigenvalue weighted by molar-refractivity contribution is -0.139. The van der Waals surface area contributed by atoms with Crippen LogP contribution in [-0.2, 0) is 22.5 Å². The number of methoxy groups -OCH3 is 1. The van der Waals surface area contributed by atoms with Gasteiger partial charge < -0.3 is 15.0 Å². The van der Waals surface area contributed by atoms with Crippen LogP contribution >= 0.6 is 11.3 Å². The van der Waals surface area contributed by atoms with Crippen LogP contribution in [-0.4, -0.2) is 44.2 Å². The van der Waals surface area contributed by atoms with Gasteiger partial charge in [-0.3, -0.25) is 4.79 Å². The molecule has 0 unspecified atom stereocenters. The molecule has 0 radical (unpaired) electrons. The van der Waals surface area contributed by atoms with Gasteiger partial charge in [-0.2, -0.15) is 0 Å². The number of carbonyl (C=O) groups excluding carboxylic acids is 1. The second-order valence-electron chi connectivity index (χ2n) is 5.72. The largest absolute Gasteiger partial charge is 0.469 e. The quantitative estimate of drug-likeness (QED) is 0.591. The molecular formula is C16H26N2O2S. The van der Waals surface area contributed by atoms with Crippen molar-refractivity contribution in [3.63, 3.8) is 0 Å². The van der Waals surface area contributed by atoms with Gasteiger partial charge in [-0.25, -0.2) is 0 Å². The molecular weight excluding hydrogens is 284 g/mol. The first kappa shape index (κ1) is 16.5. The summed E-state index contributed by atoms with van der Waals surface area (Å²) < 4.78 is 4.68. The second-order valence-corrected chi connectivity index (χ2v) is 6.97. The van der Waals surface area contributed by atoms with Crippen LogP contribution in [0, 0.1) is 0 Å². The smallest absolute Gasteiger partial charge is 0.310 e. The minimum Gasteiger partial charge on any atom is -0.469 e. The van der Waals surface area contributed by atoms with Crippen molar-refractivity contribution < 1.29 is 9.53 Å². The van der Waals surface area contributed by atoms with Gasteiger partial charge in [0.15, 0.2) is 0 Å². The molecule has 1 aromatic rings. The lowest BCUT2D eigenvalue weighted by atomic mass is 10.2. The van der Waals surface area contributed by atoms with Crippen LogP contribution in [0.3, 0.4) is 0 Å². The van der Waals surface area contributed by atoms with Crippen LogP contribution in [0.25, 0.3) is 0 Å². The van der Waals surface area contributed by atoms with Crippen molar-refractivity contribution in [1.82, 2.24) is 10.2 Å². The van der Waals surface area contributed by atoms with Crippen LogP contribution in [0.1, 0.15) is 35.4 Å². The summed E-state index contributed by atoms with van der Waals surface area (Å²) >= 11 is 1.68. The fourth-order valence-electron chi connectivity index (χ4n) is 2.82. The molecule has 118 valence electrons. The first-order valence-electron chi connectivity index (χ1n) is 7.74. The molecule has 1 aromatic heterocycles. The summed E-state index contributed by atoms with van der Waals surface area (Å²) in [5.74, 6) is -0.172. The van der Waals surface area contributed by atoms with Crippen molar-refractivity contribution in [2.24, 2.45) is 0 Å². The van der Waals surface area contributed by atoms with Crippen LogP contribution in [0.15, 0.2) is 12.1 Å². The zero-order valence-corrected chi connectivity index (χ0v) is 13.9. The maximum atomic E-state index is 11.2. The third-order valence-electron chi connectivity index (χ3n) is 4.15. The molecule has 0 aromatic carbocycles. The van der Waals surface area contributed by atoms with E-state index in [2.05, 4.69) is 28.1 Å². The van der Waals surface area contributed by atoms with E-state index in [1.165, 1.54) is 37.7 Å². The molecule has 1 fully saturated rings. The van der Waals surface area contributed by atoms with E-state index in [1.807, 2.05) is 6.07 Å². The molecule has 0 amide bonds. The van der Waals surface area contributed by atoms with Crippen molar-refractivity contribution in [1.29, 1.82) is 0 Å². The summed E-state index contributed by atoms with van der Waals surface area (Å²) in [5, 5.41) is 3.49. The van der Waals surface area contributed by atoms with E-state index in [9.17, 15) is 4.79 Å². The summed E-state index contributed by atoms with van der Waals surface area (Å²) in [5.41, 5.74) is 0. The topological polar surface area (TPSA) is 41.6 Å². The van der Waals surface area contributed by atoms with Gasteiger partial charge in [0.1, 0.15) is 0 Å². The number of rotatable bonds is 8. The zero-order valence-electron chi connectivity index (χ0n) is 13.1. The van der Waals surface area contributed by atoms with Crippen LogP contribution in [0.5, 0.6) is 0 Å². The third kappa shape index (κ3) is 5.41. The number of hydrogen-bond acceptors (Lipinski definition) is 5. The molecule has 1 aliphatic rings. The van der Waals surface area contributed by atoms with Gasteiger partial charge in [0.05, 0.1) is 13.5 Å². The number of carbonyl (C=O) groups is 1. The Labute approximate surface area is 131 Å². The molecule has 0 atom stereocenters. The Morgan fingerprint density at radius 1 is 1.38 bits per heavy atom. The maximum absolute atomic E-state index is 11.2. The van der Waals surface area contributed by atoms with Crippen LogP contribution in [0.4, 0.5) is 0 Å². The van der Waals surface area contributed by atoms with Gasteiger partial charge in [-0.05, 0) is 32.0 Å². The van der Waals surface area contributed by atoms with Crippen molar-refractivity contribution in [3.05, 3.63) is 21.9 Å². The average Bonchev–Trinajstić information content (AvgIpc) is 3.15. The highest BCUT2D eigenvalue weighted by molar-refractivity contribution is 7.12. The van der Waals surface area contributed by atoms with Crippen molar-refractivity contribution in [2.45, 2.75) is 44.7 Å². The summed E-state index contributed by atoms with van der Waals surface area (Å²) in [4.78, 5) is 16.0. The standard InChI is InChI=1S/C16H26N2O2S/c1-18(13-5-3-4-6-13)10-9-17-12-15-8-7-14(21-15)11-16(19)20-2/h7-8,13,17H,3-6,9-12H2,1-2H3. The van der Waals surface area contributed by atoms with E-state index < -0.39 is 0 Å². The maximum Gasteiger partial charge on any atom is 0.310 e. The molecule has 0 saturated heterocycles. The third-order valence-corrected chi connectivity index (χ3v) is 5.24. The molecule has 1 heterocycles. The highest BCUT2D eigenvalue weighted by Gasteiger charge is 2.18. The van der Waals surface area contributed by atoms with Crippen molar-refractivity contribution >= 4 is 17.3 Å². The molecule has 1 N–H and O–H groups in total. The minimum absolute atomic E-state index is 0.172. The van der Waals surface area contributed by atoms with Crippen molar-refractivity contribution in [2.75, 3.05) is 27.2 Å². The molecule has 21 heavy (non-hydrogen) atoms. The van der Waals surface area contributed by atoms with E-state index >= 15 is 0 Å². The van der Waals surface area contributed by atoms with Gasteiger partial charge in [-0.1, -0.05) is 12.8 Å². The normalized spacial score (nSPS) is 15.8. The number of nitrogens with zero attached hydrogens (tertiary/aromatic N) is 1. The predicted molar refractivity (Wildman–Crippen MR) is 86.6 cm³/mol. The zero-order chi connectivity index (χ0) is 15.1. The van der Waals surface area contributed by atoms with E-state index in [4.69, 9.17) is 0 Å². The fourth-order valence-corrected chi connectivity index (χ4v) is 3.79. The lowest BCUT2D eigenvalue weighted by Crippen LogP contribution is -2.35. The van der Waals surface area contributed by atoms with Gasteiger partial charge in [0.25, 0.3) is 0 Å². The molecule has 0 aliphatic heterocycles. The number of likely N-dealkylation sites (N-methyl/N-ethyl adjacent to an activating group) is 1. The Hall–Kier alpha value is -0.910. The first-order chi connectivity index (χ1) is 10.2. The average molecular weight is 310 g/mol. The Morgan fingerprint density at radius 2 is 2.10 bits per heavy atom.